The summed E-state index contributed by atoms with van der Waals surface area (Å²) in [7, 11) is -3.62. The second-order valence-electron chi connectivity index (χ2n) is 9.27. The lowest BCUT2D eigenvalue weighted by Gasteiger charge is -2.47. The first kappa shape index (κ1) is 24.7. The smallest absolute Gasteiger partial charge is 0.247 e. The number of piperazine rings is 1. The van der Waals surface area contributed by atoms with Gasteiger partial charge in [-0.25, -0.2) is 8.42 Å². The average molecular weight is 464 g/mol. The van der Waals surface area contributed by atoms with Crippen LogP contribution in [0.1, 0.15) is 71.3 Å². The van der Waals surface area contributed by atoms with Gasteiger partial charge in [0.1, 0.15) is 5.54 Å². The Balaban J connectivity index is 1.95. The highest BCUT2D eigenvalue weighted by molar-refractivity contribution is 7.89. The summed E-state index contributed by atoms with van der Waals surface area (Å²) in [5.74, 6) is -0.696. The van der Waals surface area contributed by atoms with Crippen LogP contribution < -0.4 is 10.2 Å². The minimum atomic E-state index is -3.62. The molecule has 1 aromatic carbocycles. The van der Waals surface area contributed by atoms with Crippen LogP contribution in [0.4, 0.5) is 5.69 Å². The van der Waals surface area contributed by atoms with Gasteiger partial charge in [0.05, 0.1) is 12.3 Å². The summed E-state index contributed by atoms with van der Waals surface area (Å²) in [6, 6.07) is 7.66. The van der Waals surface area contributed by atoms with Gasteiger partial charge < -0.3 is 5.32 Å². The van der Waals surface area contributed by atoms with E-state index >= 15 is 0 Å². The average Bonchev–Trinajstić information content (AvgIpc) is 3.02. The number of carbonyl (C=O) groups is 2. The maximum Gasteiger partial charge on any atom is 0.247 e. The normalized spacial score (nSPS) is 23.7. The monoisotopic (exact) mass is 463 g/mol. The Morgan fingerprint density at radius 1 is 1.09 bits per heavy atom. The van der Waals surface area contributed by atoms with Crippen molar-refractivity contribution in [3.63, 3.8) is 0 Å². The van der Waals surface area contributed by atoms with Gasteiger partial charge in [-0.1, -0.05) is 51.7 Å². The van der Waals surface area contributed by atoms with E-state index in [9.17, 15) is 18.0 Å². The number of benzene rings is 1. The fraction of sp³-hybridized carbons (Fsp3) is 0.667. The topological polar surface area (TPSA) is 86.8 Å². The van der Waals surface area contributed by atoms with E-state index < -0.39 is 15.6 Å². The van der Waals surface area contributed by atoms with Gasteiger partial charge in [-0.3, -0.25) is 14.5 Å². The first-order valence-corrected chi connectivity index (χ1v) is 13.5. The van der Waals surface area contributed by atoms with Crippen LogP contribution in [-0.2, 0) is 26.0 Å². The van der Waals surface area contributed by atoms with Crippen LogP contribution in [0.2, 0.25) is 0 Å². The van der Waals surface area contributed by atoms with Crippen molar-refractivity contribution in [3.8, 4) is 0 Å². The summed E-state index contributed by atoms with van der Waals surface area (Å²) in [4.78, 5) is 28.5. The lowest BCUT2D eigenvalue weighted by atomic mass is 9.93. The van der Waals surface area contributed by atoms with E-state index in [1.54, 1.807) is 13.8 Å². The molecule has 1 saturated heterocycles. The Hall–Kier alpha value is -1.93. The zero-order chi connectivity index (χ0) is 23.4. The lowest BCUT2D eigenvalue weighted by molar-refractivity contribution is -0.133. The molecule has 8 heteroatoms. The van der Waals surface area contributed by atoms with Gasteiger partial charge >= 0.3 is 0 Å². The third kappa shape index (κ3) is 5.34. The molecular formula is C24H37N3O4S. The first-order valence-electron chi connectivity index (χ1n) is 11.9. The first-order chi connectivity index (χ1) is 15.2. The van der Waals surface area contributed by atoms with Gasteiger partial charge in [0.15, 0.2) is 0 Å². The molecule has 1 aliphatic carbocycles. The number of sulfonamides is 1. The molecule has 0 bridgehead atoms. The predicted octanol–water partition coefficient (Wildman–Crippen LogP) is 3.24. The predicted molar refractivity (Wildman–Crippen MR) is 127 cm³/mol. The SMILES string of the molecule is CCCS(=O)(=O)N1CC(=O)N(c2ccc(CC)cc2)[C@@](C)(C(=O)NC2CCCCCC2)C1. The van der Waals surface area contributed by atoms with E-state index in [1.807, 2.05) is 24.3 Å². The number of hydrogen-bond donors (Lipinski definition) is 1. The summed E-state index contributed by atoms with van der Waals surface area (Å²) in [5, 5.41) is 3.16. The van der Waals surface area contributed by atoms with E-state index in [0.29, 0.717) is 12.1 Å². The standard InChI is InChI=1S/C24H37N3O4S/c1-4-16-32(30,31)26-17-22(28)27(21-14-12-19(5-2)13-15-21)24(3,18-26)23(29)25-20-10-8-6-7-9-11-20/h12-15,20H,4-11,16-18H2,1-3H3,(H,25,29)/t24-/m1/s1. The van der Waals surface area contributed by atoms with Crippen LogP contribution in [0.25, 0.3) is 0 Å². The van der Waals surface area contributed by atoms with Crippen LogP contribution in [0.5, 0.6) is 0 Å². The second kappa shape index (κ2) is 10.3. The van der Waals surface area contributed by atoms with Gasteiger partial charge in [-0.15, -0.1) is 0 Å². The molecule has 0 unspecified atom stereocenters. The second-order valence-corrected chi connectivity index (χ2v) is 11.4. The lowest BCUT2D eigenvalue weighted by Crippen LogP contribution is -2.71. The van der Waals surface area contributed by atoms with Crippen LogP contribution in [0.3, 0.4) is 0 Å². The Kier molecular flexibility index (Phi) is 7.98. The molecule has 178 valence electrons. The third-order valence-corrected chi connectivity index (χ3v) is 8.65. The number of nitrogens with one attached hydrogen (secondary N) is 1. The van der Waals surface area contributed by atoms with Crippen molar-refractivity contribution in [2.45, 2.75) is 83.7 Å². The van der Waals surface area contributed by atoms with Gasteiger partial charge in [-0.2, -0.15) is 4.31 Å². The molecular weight excluding hydrogens is 426 g/mol. The summed E-state index contributed by atoms with van der Waals surface area (Å²) in [5.41, 5.74) is 0.434. The Morgan fingerprint density at radius 2 is 1.72 bits per heavy atom. The fourth-order valence-corrected chi connectivity index (χ4v) is 6.33. The third-order valence-electron chi connectivity index (χ3n) is 6.68. The molecule has 2 fully saturated rings. The number of aryl methyl sites for hydroxylation is 1. The highest BCUT2D eigenvalue weighted by Crippen LogP contribution is 2.32. The minimum Gasteiger partial charge on any atom is -0.351 e. The van der Waals surface area contributed by atoms with Crippen molar-refractivity contribution in [1.29, 1.82) is 0 Å². The number of nitrogens with zero attached hydrogens (tertiary/aromatic N) is 2. The highest BCUT2D eigenvalue weighted by Gasteiger charge is 2.51. The maximum atomic E-state index is 13.7. The van der Waals surface area contributed by atoms with E-state index in [4.69, 9.17) is 0 Å². The largest absolute Gasteiger partial charge is 0.351 e. The molecule has 32 heavy (non-hydrogen) atoms. The molecule has 0 spiro atoms. The van der Waals surface area contributed by atoms with E-state index in [-0.39, 0.29) is 36.7 Å². The number of amides is 2. The molecule has 2 amide bonds. The summed E-state index contributed by atoms with van der Waals surface area (Å²) < 4.78 is 26.9. The van der Waals surface area contributed by atoms with Gasteiger partial charge in [0.25, 0.3) is 0 Å². The number of anilines is 1. The zero-order valence-corrected chi connectivity index (χ0v) is 20.4. The molecule has 1 aliphatic heterocycles. The molecule has 1 saturated carbocycles. The Labute approximate surface area is 192 Å². The molecule has 2 aliphatic rings. The minimum absolute atomic E-state index is 0.0359. The molecule has 3 rings (SSSR count). The van der Waals surface area contributed by atoms with Gasteiger partial charge in [0, 0.05) is 18.3 Å². The highest BCUT2D eigenvalue weighted by atomic mass is 32.2. The van der Waals surface area contributed by atoms with Gasteiger partial charge in [-0.05, 0) is 50.3 Å². The van der Waals surface area contributed by atoms with Crippen LogP contribution in [0, 0.1) is 0 Å². The fourth-order valence-electron chi connectivity index (χ4n) is 4.80. The van der Waals surface area contributed by atoms with Crippen molar-refractivity contribution < 1.29 is 18.0 Å². The van der Waals surface area contributed by atoms with Crippen LogP contribution in [-0.4, -0.2) is 55.0 Å². The molecule has 1 atom stereocenters. The van der Waals surface area contributed by atoms with Crippen molar-refractivity contribution >= 4 is 27.5 Å². The molecule has 1 heterocycles. The number of hydrogen-bond acceptors (Lipinski definition) is 4. The van der Waals surface area contributed by atoms with E-state index in [0.717, 1.165) is 37.7 Å². The number of carbonyl (C=O) groups excluding carboxylic acids is 2. The molecule has 7 nitrogen and oxygen atoms in total. The van der Waals surface area contributed by atoms with E-state index in [1.165, 1.54) is 22.0 Å². The van der Waals surface area contributed by atoms with Crippen LogP contribution >= 0.6 is 0 Å². The van der Waals surface area contributed by atoms with Crippen LogP contribution in [0.15, 0.2) is 24.3 Å². The van der Waals surface area contributed by atoms with Crippen molar-refractivity contribution in [2.24, 2.45) is 0 Å². The number of rotatable bonds is 7. The maximum absolute atomic E-state index is 13.7. The summed E-state index contributed by atoms with van der Waals surface area (Å²) in [6.07, 6.45) is 7.64. The van der Waals surface area contributed by atoms with Crippen molar-refractivity contribution in [2.75, 3.05) is 23.7 Å². The molecule has 0 aromatic heterocycles. The molecule has 1 aromatic rings. The van der Waals surface area contributed by atoms with E-state index in [2.05, 4.69) is 12.2 Å². The van der Waals surface area contributed by atoms with Crippen molar-refractivity contribution in [3.05, 3.63) is 29.8 Å². The van der Waals surface area contributed by atoms with Crippen molar-refractivity contribution in [1.82, 2.24) is 9.62 Å². The Bertz CT molecular complexity index is 908. The summed E-state index contributed by atoms with van der Waals surface area (Å²) >= 11 is 0. The van der Waals surface area contributed by atoms with Gasteiger partial charge in [0.2, 0.25) is 21.8 Å². The quantitative estimate of drug-likeness (QED) is 0.629. The zero-order valence-electron chi connectivity index (χ0n) is 19.6. The Morgan fingerprint density at radius 3 is 2.28 bits per heavy atom. The molecule has 1 N–H and O–H groups in total. The summed E-state index contributed by atoms with van der Waals surface area (Å²) in [6.45, 7) is 5.25. The molecule has 0 radical (unpaired) electrons.